The van der Waals surface area contributed by atoms with Crippen LogP contribution in [0.25, 0.3) is 0 Å². The molecule has 0 bridgehead atoms. The lowest BCUT2D eigenvalue weighted by atomic mass is 10.0. The second-order valence-corrected chi connectivity index (χ2v) is 4.69. The Morgan fingerprint density at radius 2 is 2.29 bits per heavy atom. The molecule has 2 aliphatic rings. The maximum atomic E-state index is 5.72. The highest BCUT2D eigenvalue weighted by molar-refractivity contribution is 4.93. The van der Waals surface area contributed by atoms with E-state index >= 15 is 0 Å². The Hall–Kier alpha value is -0.120. The summed E-state index contributed by atoms with van der Waals surface area (Å²) in [5.41, 5.74) is 6.02. The fourth-order valence-corrected chi connectivity index (χ4v) is 2.13. The Kier molecular flexibility index (Phi) is 3.42. The zero-order valence-electron chi connectivity index (χ0n) is 8.84. The van der Waals surface area contributed by atoms with Gasteiger partial charge in [0.15, 0.2) is 0 Å². The number of ether oxygens (including phenoxy) is 2. The van der Waals surface area contributed by atoms with Crippen LogP contribution in [0.2, 0.25) is 0 Å². The average molecular weight is 199 g/mol. The van der Waals surface area contributed by atoms with Gasteiger partial charge in [0, 0.05) is 6.61 Å². The lowest BCUT2D eigenvalue weighted by molar-refractivity contribution is 0.000635. The fourth-order valence-electron chi connectivity index (χ4n) is 2.13. The van der Waals surface area contributed by atoms with Crippen LogP contribution in [0.15, 0.2) is 0 Å². The van der Waals surface area contributed by atoms with Gasteiger partial charge in [0.25, 0.3) is 0 Å². The second kappa shape index (κ2) is 4.60. The van der Waals surface area contributed by atoms with Crippen LogP contribution in [-0.2, 0) is 9.47 Å². The first-order valence-corrected chi connectivity index (χ1v) is 5.74. The number of rotatable bonds is 6. The average Bonchev–Trinajstić information content (AvgIpc) is 2.75. The number of hydrogen-bond acceptors (Lipinski definition) is 3. The van der Waals surface area contributed by atoms with E-state index in [1.807, 2.05) is 0 Å². The molecule has 3 heteroatoms. The van der Waals surface area contributed by atoms with Crippen molar-refractivity contribution in [3.05, 3.63) is 0 Å². The molecule has 1 atom stereocenters. The van der Waals surface area contributed by atoms with Crippen LogP contribution >= 0.6 is 0 Å². The van der Waals surface area contributed by atoms with Crippen LogP contribution in [0.5, 0.6) is 0 Å². The van der Waals surface area contributed by atoms with Gasteiger partial charge in [-0.2, -0.15) is 0 Å². The van der Waals surface area contributed by atoms with Gasteiger partial charge in [-0.05, 0) is 44.1 Å². The smallest absolute Gasteiger partial charge is 0.0809 e. The quantitative estimate of drug-likeness (QED) is 0.701. The van der Waals surface area contributed by atoms with E-state index in [-0.39, 0.29) is 0 Å². The standard InChI is InChI=1S/C11H21NO2/c12-6-5-11(3-4-11)9-13-8-10-2-1-7-14-10/h10H,1-9,12H2. The van der Waals surface area contributed by atoms with Gasteiger partial charge in [0.05, 0.1) is 19.3 Å². The molecule has 2 rings (SSSR count). The van der Waals surface area contributed by atoms with Gasteiger partial charge >= 0.3 is 0 Å². The maximum absolute atomic E-state index is 5.72. The predicted molar refractivity (Wildman–Crippen MR) is 55.1 cm³/mol. The lowest BCUT2D eigenvalue weighted by Gasteiger charge is -2.16. The number of nitrogens with two attached hydrogens (primary N) is 1. The number of hydrogen-bond donors (Lipinski definition) is 1. The van der Waals surface area contributed by atoms with Crippen LogP contribution in [0, 0.1) is 5.41 Å². The Morgan fingerprint density at radius 1 is 1.43 bits per heavy atom. The highest BCUT2D eigenvalue weighted by Gasteiger charge is 2.41. The molecule has 1 saturated carbocycles. The Balaban J connectivity index is 1.58. The Morgan fingerprint density at radius 3 is 2.86 bits per heavy atom. The van der Waals surface area contributed by atoms with E-state index in [1.54, 1.807) is 0 Å². The van der Waals surface area contributed by atoms with Crippen molar-refractivity contribution in [1.82, 2.24) is 0 Å². The van der Waals surface area contributed by atoms with E-state index in [1.165, 1.54) is 25.7 Å². The molecule has 0 aromatic carbocycles. The SMILES string of the molecule is NCCC1(COCC2CCCO2)CC1. The third-order valence-corrected chi connectivity index (χ3v) is 3.37. The van der Waals surface area contributed by atoms with Gasteiger partial charge < -0.3 is 15.2 Å². The topological polar surface area (TPSA) is 44.5 Å². The van der Waals surface area contributed by atoms with Gasteiger partial charge in [-0.25, -0.2) is 0 Å². The molecule has 1 unspecified atom stereocenters. The molecule has 1 saturated heterocycles. The van der Waals surface area contributed by atoms with Crippen LogP contribution < -0.4 is 5.73 Å². The zero-order chi connectivity index (χ0) is 9.86. The van der Waals surface area contributed by atoms with Crippen LogP contribution in [0.4, 0.5) is 0 Å². The second-order valence-electron chi connectivity index (χ2n) is 4.69. The van der Waals surface area contributed by atoms with Crippen molar-refractivity contribution < 1.29 is 9.47 Å². The molecule has 1 aliphatic heterocycles. The summed E-state index contributed by atoms with van der Waals surface area (Å²) in [4.78, 5) is 0. The molecule has 1 aliphatic carbocycles. The van der Waals surface area contributed by atoms with E-state index in [9.17, 15) is 0 Å². The van der Waals surface area contributed by atoms with Crippen LogP contribution in [0.1, 0.15) is 32.1 Å². The summed E-state index contributed by atoms with van der Waals surface area (Å²) in [7, 11) is 0. The summed E-state index contributed by atoms with van der Waals surface area (Å²) in [5.74, 6) is 0. The fraction of sp³-hybridized carbons (Fsp3) is 1.00. The minimum absolute atomic E-state index is 0.365. The van der Waals surface area contributed by atoms with E-state index in [0.29, 0.717) is 11.5 Å². The molecule has 0 radical (unpaired) electrons. The van der Waals surface area contributed by atoms with Gasteiger partial charge in [-0.15, -0.1) is 0 Å². The van der Waals surface area contributed by atoms with Gasteiger partial charge in [0.1, 0.15) is 0 Å². The lowest BCUT2D eigenvalue weighted by Crippen LogP contribution is -2.20. The van der Waals surface area contributed by atoms with Crippen molar-refractivity contribution in [2.75, 3.05) is 26.4 Å². The molecule has 0 aromatic heterocycles. The molecule has 0 amide bonds. The van der Waals surface area contributed by atoms with E-state index in [0.717, 1.165) is 32.8 Å². The molecular formula is C11H21NO2. The Labute approximate surface area is 85.9 Å². The monoisotopic (exact) mass is 199 g/mol. The highest BCUT2D eigenvalue weighted by Crippen LogP contribution is 2.48. The molecule has 2 N–H and O–H groups in total. The van der Waals surface area contributed by atoms with Crippen molar-refractivity contribution in [3.8, 4) is 0 Å². The summed E-state index contributed by atoms with van der Waals surface area (Å²) < 4.78 is 11.2. The van der Waals surface area contributed by atoms with E-state index in [4.69, 9.17) is 15.2 Å². The van der Waals surface area contributed by atoms with Gasteiger partial charge in [-0.3, -0.25) is 0 Å². The first kappa shape index (κ1) is 10.4. The minimum Gasteiger partial charge on any atom is -0.378 e. The van der Waals surface area contributed by atoms with Crippen LogP contribution in [-0.4, -0.2) is 32.5 Å². The van der Waals surface area contributed by atoms with Crippen molar-refractivity contribution in [1.29, 1.82) is 0 Å². The van der Waals surface area contributed by atoms with Crippen molar-refractivity contribution in [2.24, 2.45) is 11.1 Å². The molecule has 0 aromatic rings. The van der Waals surface area contributed by atoms with Gasteiger partial charge in [0.2, 0.25) is 0 Å². The third-order valence-electron chi connectivity index (χ3n) is 3.37. The summed E-state index contributed by atoms with van der Waals surface area (Å²) >= 11 is 0. The van der Waals surface area contributed by atoms with Crippen molar-refractivity contribution >= 4 is 0 Å². The molecule has 0 spiro atoms. The minimum atomic E-state index is 0.365. The van der Waals surface area contributed by atoms with Crippen LogP contribution in [0.3, 0.4) is 0 Å². The molecule has 82 valence electrons. The molecule has 1 heterocycles. The first-order chi connectivity index (χ1) is 6.85. The predicted octanol–water partition coefficient (Wildman–Crippen LogP) is 1.31. The third kappa shape index (κ3) is 2.69. The normalized spacial score (nSPS) is 29.4. The highest BCUT2D eigenvalue weighted by atomic mass is 16.5. The van der Waals surface area contributed by atoms with E-state index in [2.05, 4.69) is 0 Å². The molecule has 2 fully saturated rings. The summed E-state index contributed by atoms with van der Waals surface area (Å²) in [6, 6.07) is 0. The van der Waals surface area contributed by atoms with Crippen molar-refractivity contribution in [2.45, 2.75) is 38.2 Å². The molecular weight excluding hydrogens is 178 g/mol. The van der Waals surface area contributed by atoms with Crippen molar-refractivity contribution in [3.63, 3.8) is 0 Å². The zero-order valence-corrected chi connectivity index (χ0v) is 8.84. The molecule has 14 heavy (non-hydrogen) atoms. The molecule has 3 nitrogen and oxygen atoms in total. The summed E-state index contributed by atoms with van der Waals surface area (Å²) in [6.45, 7) is 3.39. The summed E-state index contributed by atoms with van der Waals surface area (Å²) in [5, 5.41) is 0. The van der Waals surface area contributed by atoms with E-state index < -0.39 is 0 Å². The maximum Gasteiger partial charge on any atom is 0.0809 e. The summed E-state index contributed by atoms with van der Waals surface area (Å²) in [6.07, 6.45) is 6.46. The first-order valence-electron chi connectivity index (χ1n) is 5.74. The Bertz CT molecular complexity index is 174. The van der Waals surface area contributed by atoms with Gasteiger partial charge in [-0.1, -0.05) is 0 Å². The largest absolute Gasteiger partial charge is 0.378 e.